The highest BCUT2D eigenvalue weighted by Gasteiger charge is 2.26. The highest BCUT2D eigenvalue weighted by atomic mass is 32.1. The van der Waals surface area contributed by atoms with Crippen LogP contribution in [0.3, 0.4) is 0 Å². The van der Waals surface area contributed by atoms with Crippen molar-refractivity contribution < 1.29 is 0 Å². The highest BCUT2D eigenvalue weighted by Crippen LogP contribution is 2.44. The van der Waals surface area contributed by atoms with E-state index in [2.05, 4.69) is 29.2 Å². The van der Waals surface area contributed by atoms with Crippen LogP contribution in [0.1, 0.15) is 24.3 Å². The van der Waals surface area contributed by atoms with Crippen LogP contribution in [0.15, 0.2) is 52.6 Å². The number of nitrogens with zero attached hydrogens (tertiary/aromatic N) is 1. The lowest BCUT2D eigenvalue weighted by Crippen LogP contribution is -2.19. The molecule has 2 aromatic heterocycles. The van der Waals surface area contributed by atoms with Gasteiger partial charge in [-0.15, -0.1) is 11.3 Å². The van der Waals surface area contributed by atoms with E-state index in [-0.39, 0.29) is 5.56 Å². The third-order valence-corrected chi connectivity index (χ3v) is 5.89. The van der Waals surface area contributed by atoms with E-state index in [1.54, 1.807) is 4.57 Å². The second-order valence-corrected chi connectivity index (χ2v) is 7.53. The number of hydrogen-bond donors (Lipinski definition) is 1. The zero-order valence-corrected chi connectivity index (χ0v) is 14.4. The molecule has 0 aliphatic heterocycles. The minimum absolute atomic E-state index is 0.0481. The fourth-order valence-electron chi connectivity index (χ4n) is 3.41. The molecular formula is C19H14N2OS2. The quantitative estimate of drug-likeness (QED) is 0.508. The SMILES string of the molecule is O=c1c2sccc2[nH]c(=S)n1-c1ccc(C2CC2)c2ccccc12. The minimum atomic E-state index is -0.0481. The molecule has 5 heteroatoms. The predicted molar refractivity (Wildman–Crippen MR) is 102 cm³/mol. The maximum absolute atomic E-state index is 13.0. The molecule has 4 aromatic rings. The number of aromatic amines is 1. The molecule has 0 radical (unpaired) electrons. The lowest BCUT2D eigenvalue weighted by molar-refractivity contribution is 0.950. The first kappa shape index (κ1) is 14.1. The average molecular weight is 350 g/mol. The highest BCUT2D eigenvalue weighted by molar-refractivity contribution is 7.71. The van der Waals surface area contributed by atoms with Crippen molar-refractivity contribution in [1.29, 1.82) is 0 Å². The van der Waals surface area contributed by atoms with Gasteiger partial charge < -0.3 is 4.98 Å². The Labute approximate surface area is 147 Å². The Balaban J connectivity index is 1.89. The third-order valence-electron chi connectivity index (χ3n) is 4.70. The largest absolute Gasteiger partial charge is 0.331 e. The Morgan fingerprint density at radius 1 is 1.08 bits per heavy atom. The molecule has 0 amide bonds. The minimum Gasteiger partial charge on any atom is -0.331 e. The van der Waals surface area contributed by atoms with Gasteiger partial charge in [-0.05, 0) is 59.4 Å². The molecule has 0 spiro atoms. The molecule has 0 bridgehead atoms. The number of rotatable bonds is 2. The summed E-state index contributed by atoms with van der Waals surface area (Å²) in [5.41, 5.74) is 3.00. The van der Waals surface area contributed by atoms with Crippen molar-refractivity contribution in [1.82, 2.24) is 9.55 Å². The van der Waals surface area contributed by atoms with Gasteiger partial charge in [0.1, 0.15) is 4.70 Å². The van der Waals surface area contributed by atoms with Crippen LogP contribution < -0.4 is 5.56 Å². The number of H-pyrrole nitrogens is 1. The maximum Gasteiger partial charge on any atom is 0.276 e. The van der Waals surface area contributed by atoms with E-state index < -0.39 is 0 Å². The lowest BCUT2D eigenvalue weighted by Gasteiger charge is -2.13. The van der Waals surface area contributed by atoms with Crippen molar-refractivity contribution in [3.8, 4) is 5.69 Å². The average Bonchev–Trinajstić information content (AvgIpc) is 3.33. The molecule has 1 saturated carbocycles. The van der Waals surface area contributed by atoms with Gasteiger partial charge in [0, 0.05) is 5.39 Å². The summed E-state index contributed by atoms with van der Waals surface area (Å²) in [6.45, 7) is 0. The van der Waals surface area contributed by atoms with E-state index in [4.69, 9.17) is 12.2 Å². The summed E-state index contributed by atoms with van der Waals surface area (Å²) in [7, 11) is 0. The van der Waals surface area contributed by atoms with Crippen molar-refractivity contribution in [2.75, 3.05) is 0 Å². The van der Waals surface area contributed by atoms with E-state index >= 15 is 0 Å². The Morgan fingerprint density at radius 3 is 2.67 bits per heavy atom. The monoisotopic (exact) mass is 350 g/mol. The second kappa shape index (κ2) is 5.13. The number of hydrogen-bond acceptors (Lipinski definition) is 3. The summed E-state index contributed by atoms with van der Waals surface area (Å²) < 4.78 is 2.78. The lowest BCUT2D eigenvalue weighted by atomic mass is 9.99. The van der Waals surface area contributed by atoms with Gasteiger partial charge >= 0.3 is 0 Å². The molecule has 24 heavy (non-hydrogen) atoms. The van der Waals surface area contributed by atoms with Gasteiger partial charge in [0.05, 0.1) is 11.2 Å². The van der Waals surface area contributed by atoms with Crippen LogP contribution in [0.2, 0.25) is 0 Å². The predicted octanol–water partition coefficient (Wildman–Crippen LogP) is 5.14. The molecule has 5 rings (SSSR count). The first-order chi connectivity index (χ1) is 11.7. The summed E-state index contributed by atoms with van der Waals surface area (Å²) >= 11 is 6.93. The van der Waals surface area contributed by atoms with Crippen LogP contribution in [-0.2, 0) is 0 Å². The van der Waals surface area contributed by atoms with Crippen molar-refractivity contribution in [3.63, 3.8) is 0 Å². The van der Waals surface area contributed by atoms with Gasteiger partial charge in [-0.3, -0.25) is 9.36 Å². The van der Waals surface area contributed by atoms with Crippen LogP contribution in [0.25, 0.3) is 26.7 Å². The normalized spacial score (nSPS) is 14.5. The molecule has 0 atom stereocenters. The number of thiophene rings is 1. The van der Waals surface area contributed by atoms with Gasteiger partial charge in [0.25, 0.3) is 5.56 Å². The molecule has 2 aromatic carbocycles. The summed E-state index contributed by atoms with van der Waals surface area (Å²) in [6, 6.07) is 14.4. The Kier molecular flexibility index (Phi) is 3.02. The van der Waals surface area contributed by atoms with Crippen LogP contribution in [-0.4, -0.2) is 9.55 Å². The van der Waals surface area contributed by atoms with Crippen LogP contribution in [0, 0.1) is 4.77 Å². The molecule has 1 N–H and O–H groups in total. The Morgan fingerprint density at radius 2 is 1.88 bits per heavy atom. The van der Waals surface area contributed by atoms with Crippen molar-refractivity contribution in [2.45, 2.75) is 18.8 Å². The van der Waals surface area contributed by atoms with E-state index in [0.29, 0.717) is 15.4 Å². The summed E-state index contributed by atoms with van der Waals surface area (Å²) in [5.74, 6) is 0.662. The molecule has 0 saturated heterocycles. The standard InChI is InChI=1S/C19H14N2OS2/c22-18-17-15(9-10-24-17)20-19(23)21(18)16-8-7-12(11-5-6-11)13-3-1-2-4-14(13)16/h1-4,7-11H,5-6H2,(H,20,23). The van der Waals surface area contributed by atoms with E-state index in [9.17, 15) is 4.79 Å². The fraction of sp³-hybridized carbons (Fsp3) is 0.158. The van der Waals surface area contributed by atoms with E-state index in [0.717, 1.165) is 16.6 Å². The van der Waals surface area contributed by atoms with Crippen molar-refractivity contribution in [2.24, 2.45) is 0 Å². The summed E-state index contributed by atoms with van der Waals surface area (Å²) in [6.07, 6.45) is 2.51. The van der Waals surface area contributed by atoms with Crippen molar-refractivity contribution >= 4 is 44.5 Å². The smallest absolute Gasteiger partial charge is 0.276 e. The third kappa shape index (κ3) is 2.01. The van der Waals surface area contributed by atoms with Crippen LogP contribution in [0.4, 0.5) is 0 Å². The maximum atomic E-state index is 13.0. The van der Waals surface area contributed by atoms with E-state index in [1.165, 1.54) is 35.1 Å². The number of benzene rings is 2. The molecular weight excluding hydrogens is 336 g/mol. The van der Waals surface area contributed by atoms with Gasteiger partial charge in [-0.25, -0.2) is 0 Å². The Bertz CT molecular complexity index is 1210. The zero-order chi connectivity index (χ0) is 16.3. The molecule has 1 aliphatic carbocycles. The molecule has 0 unspecified atom stereocenters. The molecule has 2 heterocycles. The summed E-state index contributed by atoms with van der Waals surface area (Å²) in [5, 5.41) is 4.22. The fourth-order valence-corrected chi connectivity index (χ4v) is 4.48. The molecule has 1 aliphatic rings. The van der Waals surface area contributed by atoms with Crippen LogP contribution in [0.5, 0.6) is 0 Å². The van der Waals surface area contributed by atoms with Gasteiger partial charge in [0.2, 0.25) is 0 Å². The van der Waals surface area contributed by atoms with Crippen LogP contribution >= 0.6 is 23.6 Å². The summed E-state index contributed by atoms with van der Waals surface area (Å²) in [4.78, 5) is 16.2. The number of aromatic nitrogens is 2. The molecule has 3 nitrogen and oxygen atoms in total. The second-order valence-electron chi connectivity index (χ2n) is 6.23. The van der Waals surface area contributed by atoms with E-state index in [1.807, 2.05) is 23.6 Å². The van der Waals surface area contributed by atoms with Gasteiger partial charge in [0.15, 0.2) is 4.77 Å². The number of nitrogens with one attached hydrogen (secondary N) is 1. The topological polar surface area (TPSA) is 37.8 Å². The first-order valence-corrected chi connectivity index (χ1v) is 9.27. The zero-order valence-electron chi connectivity index (χ0n) is 12.8. The van der Waals surface area contributed by atoms with Gasteiger partial charge in [-0.2, -0.15) is 0 Å². The first-order valence-electron chi connectivity index (χ1n) is 7.98. The molecule has 118 valence electrons. The van der Waals surface area contributed by atoms with Gasteiger partial charge in [-0.1, -0.05) is 30.3 Å². The Hall–Kier alpha value is -2.24. The van der Waals surface area contributed by atoms with Crippen molar-refractivity contribution in [3.05, 3.63) is 68.5 Å². The molecule has 1 fully saturated rings. The number of fused-ring (bicyclic) bond motifs is 2.